The van der Waals surface area contributed by atoms with Crippen molar-refractivity contribution in [1.29, 1.82) is 0 Å². The Hall–Kier alpha value is -1.27. The van der Waals surface area contributed by atoms with Crippen molar-refractivity contribution in [3.8, 4) is 11.1 Å². The van der Waals surface area contributed by atoms with E-state index in [1.807, 2.05) is 18.2 Å². The summed E-state index contributed by atoms with van der Waals surface area (Å²) in [7, 11) is 0. The van der Waals surface area contributed by atoms with Crippen molar-refractivity contribution in [2.45, 2.75) is 78.1 Å². The maximum Gasteiger partial charge on any atom is -0.0246 e. The molecule has 7 rings (SSSR count). The van der Waals surface area contributed by atoms with Crippen LogP contribution in [0.3, 0.4) is 0 Å². The first-order valence-electron chi connectivity index (χ1n) is 14.5. The molecule has 0 atom stereocenters. The SMILES string of the molecule is C[CH-]C1CCCC1.C[CH-]C1CCCC1.Cl.Cl.[C-]1=CC=CC1.[CH2]=[Zr].[c-]1cccc2ccc3c(c12)Cc1ccccc1-3. The minimum Gasteiger partial charge on any atom is -0.147 e. The van der Waals surface area contributed by atoms with Crippen LogP contribution < -0.4 is 0 Å². The molecule has 216 valence electrons. The molecular weight excluding hydrogens is 607 g/mol. The topological polar surface area (TPSA) is 0 Å². The van der Waals surface area contributed by atoms with Gasteiger partial charge in [0.15, 0.2) is 0 Å². The molecule has 3 heteroatoms. The number of halogens is 2. The fraction of sp³-hybridized carbons (Fsp3) is 0.378. The van der Waals surface area contributed by atoms with Crippen LogP contribution in [0.2, 0.25) is 0 Å². The van der Waals surface area contributed by atoms with Crippen LogP contribution in [0.25, 0.3) is 21.9 Å². The zero-order chi connectivity index (χ0) is 27.0. The Labute approximate surface area is 272 Å². The summed E-state index contributed by atoms with van der Waals surface area (Å²) in [5.41, 5.74) is 5.65. The van der Waals surface area contributed by atoms with Gasteiger partial charge in [-0.2, -0.15) is 31.8 Å². The van der Waals surface area contributed by atoms with E-state index in [1.165, 1.54) is 109 Å². The molecule has 3 aromatic carbocycles. The van der Waals surface area contributed by atoms with Gasteiger partial charge in [0.25, 0.3) is 0 Å². The third-order valence-electron chi connectivity index (χ3n) is 7.95. The van der Waals surface area contributed by atoms with Crippen molar-refractivity contribution in [3.63, 3.8) is 0 Å². The van der Waals surface area contributed by atoms with Gasteiger partial charge in [-0.25, -0.2) is 12.2 Å². The zero-order valence-electron chi connectivity index (χ0n) is 24.3. The van der Waals surface area contributed by atoms with E-state index in [9.17, 15) is 0 Å². The van der Waals surface area contributed by atoms with Crippen LogP contribution in [0.1, 0.15) is 82.8 Å². The Morgan fingerprint density at radius 3 is 1.90 bits per heavy atom. The summed E-state index contributed by atoms with van der Waals surface area (Å²) in [5, 5.41) is 2.57. The predicted molar refractivity (Wildman–Crippen MR) is 178 cm³/mol. The van der Waals surface area contributed by atoms with Crippen molar-refractivity contribution in [3.05, 3.63) is 109 Å². The number of hydrogen-bond acceptors (Lipinski definition) is 0. The second-order valence-electron chi connectivity index (χ2n) is 10.3. The monoisotopic (exact) mass is 650 g/mol. The molecule has 2 fully saturated rings. The zero-order valence-corrected chi connectivity index (χ0v) is 28.4. The molecule has 2 saturated carbocycles. The molecule has 0 saturated heterocycles. The average Bonchev–Trinajstić information content (AvgIpc) is 3.82. The van der Waals surface area contributed by atoms with Gasteiger partial charge in [-0.1, -0.05) is 93.3 Å². The van der Waals surface area contributed by atoms with Crippen LogP contribution in [-0.2, 0) is 30.7 Å². The fourth-order valence-corrected chi connectivity index (χ4v) is 5.74. The molecule has 0 N–H and O–H groups in total. The summed E-state index contributed by atoms with van der Waals surface area (Å²) < 4.78 is 3.34. The minimum absolute atomic E-state index is 0. The van der Waals surface area contributed by atoms with Gasteiger partial charge in [0.2, 0.25) is 0 Å². The van der Waals surface area contributed by atoms with Gasteiger partial charge in [0.05, 0.1) is 0 Å². The molecule has 0 unspecified atom stereocenters. The first kappa shape index (κ1) is 36.8. The van der Waals surface area contributed by atoms with Crippen LogP contribution in [0.5, 0.6) is 0 Å². The number of allylic oxidation sites excluding steroid dienone is 4. The Morgan fingerprint density at radius 2 is 1.40 bits per heavy atom. The Kier molecular flexibility index (Phi) is 19.7. The van der Waals surface area contributed by atoms with Gasteiger partial charge in [-0.3, -0.25) is 6.08 Å². The van der Waals surface area contributed by atoms with Crippen LogP contribution in [0, 0.1) is 36.8 Å². The molecule has 0 aliphatic heterocycles. The smallest absolute Gasteiger partial charge is 0.0246 e. The molecule has 0 radical (unpaired) electrons. The molecule has 4 aliphatic rings. The van der Waals surface area contributed by atoms with Crippen molar-refractivity contribution >= 4 is 39.8 Å². The minimum atomic E-state index is 0. The number of hydrogen-bond donors (Lipinski definition) is 0. The standard InChI is InChI=1S/C17H11.2C7H13.C5H5.CH2.2ClH.Zr/c1-3-7-14-12(5-1)9-10-16-15-8-4-2-6-13(15)11-17(14)16;2*1-2-7-5-3-4-6-7;1-2-4-5-3-1;;;;/h1-6,8-10H,11H2;2*2,7H,3-6H2,1H3;1-3H,4H2;1H2;2*1H;/q4*-1;;;;. The largest absolute Gasteiger partial charge is 0.147 e. The first-order chi connectivity index (χ1) is 18.8. The van der Waals surface area contributed by atoms with E-state index in [0.29, 0.717) is 0 Å². The van der Waals surface area contributed by atoms with Crippen LogP contribution in [0.4, 0.5) is 0 Å². The third kappa shape index (κ3) is 11.2. The normalized spacial score (nSPS) is 15.8. The second-order valence-corrected chi connectivity index (χ2v) is 10.3. The van der Waals surface area contributed by atoms with Crippen LogP contribution >= 0.6 is 24.8 Å². The number of fused-ring (bicyclic) bond motifs is 5. The molecule has 0 heterocycles. The van der Waals surface area contributed by atoms with Crippen molar-refractivity contribution in [1.82, 2.24) is 0 Å². The van der Waals surface area contributed by atoms with Gasteiger partial charge in [-0.05, 0) is 17.5 Å². The van der Waals surface area contributed by atoms with Gasteiger partial charge in [0.1, 0.15) is 0 Å². The molecule has 0 aromatic heterocycles. The average molecular weight is 653 g/mol. The van der Waals surface area contributed by atoms with E-state index in [1.54, 1.807) is 0 Å². The van der Waals surface area contributed by atoms with E-state index < -0.39 is 0 Å². The molecule has 0 bridgehead atoms. The molecule has 0 spiro atoms. The van der Waals surface area contributed by atoms with Crippen LogP contribution in [-0.4, -0.2) is 4.21 Å². The Balaban J connectivity index is 0.000000293. The molecule has 0 amide bonds. The first-order valence-corrected chi connectivity index (χ1v) is 16.2. The van der Waals surface area contributed by atoms with Gasteiger partial charge < -0.3 is 12.8 Å². The second kappa shape index (κ2) is 21.4. The maximum absolute atomic E-state index is 3.39. The van der Waals surface area contributed by atoms with E-state index in [4.69, 9.17) is 0 Å². The molecular formula is C37H46Cl2Zr-4. The Morgan fingerprint density at radius 1 is 0.775 bits per heavy atom. The summed E-state index contributed by atoms with van der Waals surface area (Å²) in [6.07, 6.45) is 27.4. The third-order valence-corrected chi connectivity index (χ3v) is 7.95. The predicted octanol–water partition coefficient (Wildman–Crippen LogP) is 11.1. The summed E-state index contributed by atoms with van der Waals surface area (Å²) in [5.74, 6) is 1.94. The summed E-state index contributed by atoms with van der Waals surface area (Å²) in [6, 6.07) is 22.7. The summed E-state index contributed by atoms with van der Waals surface area (Å²) >= 11 is 1.30. The fourth-order valence-electron chi connectivity index (χ4n) is 5.74. The molecule has 3 aromatic rings. The quantitative estimate of drug-likeness (QED) is 0.189. The maximum atomic E-state index is 3.39. The summed E-state index contributed by atoms with van der Waals surface area (Å²) in [6.45, 7) is 4.35. The van der Waals surface area contributed by atoms with E-state index in [2.05, 4.69) is 97.7 Å². The van der Waals surface area contributed by atoms with E-state index in [0.717, 1.165) is 24.7 Å². The van der Waals surface area contributed by atoms with Crippen LogP contribution in [0.15, 0.2) is 72.8 Å². The van der Waals surface area contributed by atoms with Crippen molar-refractivity contribution in [2.24, 2.45) is 11.8 Å². The number of rotatable bonds is 2. The molecule has 4 aliphatic carbocycles. The number of benzene rings is 3. The molecule has 40 heavy (non-hydrogen) atoms. The van der Waals surface area contributed by atoms with Gasteiger partial charge in [-0.15, -0.1) is 71.8 Å². The summed E-state index contributed by atoms with van der Waals surface area (Å²) in [4.78, 5) is 0. The van der Waals surface area contributed by atoms with Crippen molar-refractivity contribution < 1.29 is 24.2 Å². The van der Waals surface area contributed by atoms with Gasteiger partial charge in [0, 0.05) is 0 Å². The van der Waals surface area contributed by atoms with E-state index >= 15 is 0 Å². The molecule has 0 nitrogen and oxygen atoms in total. The van der Waals surface area contributed by atoms with E-state index in [-0.39, 0.29) is 24.8 Å². The Bertz CT molecular complexity index is 1130. The van der Waals surface area contributed by atoms with Gasteiger partial charge >= 0.3 is 28.4 Å². The van der Waals surface area contributed by atoms with Crippen molar-refractivity contribution in [2.75, 3.05) is 0 Å².